The van der Waals surface area contributed by atoms with Crippen LogP contribution in [0.3, 0.4) is 0 Å². The molecule has 4 nitrogen and oxygen atoms in total. The van der Waals surface area contributed by atoms with Gasteiger partial charge in [0, 0.05) is 4.88 Å². The van der Waals surface area contributed by atoms with Crippen LogP contribution in [-0.4, -0.2) is 18.7 Å². The van der Waals surface area contributed by atoms with E-state index >= 15 is 0 Å². The first kappa shape index (κ1) is 13.8. The van der Waals surface area contributed by atoms with Crippen LogP contribution in [-0.2, 0) is 4.79 Å². The van der Waals surface area contributed by atoms with Crippen LogP contribution < -0.4 is 10.2 Å². The molecular formula is C13H11BrN2O2S. The average Bonchev–Trinajstić information content (AvgIpc) is 2.83. The van der Waals surface area contributed by atoms with Crippen molar-refractivity contribution in [3.63, 3.8) is 0 Å². The third kappa shape index (κ3) is 4.84. The minimum Gasteiger partial charge on any atom is -0.484 e. The highest BCUT2D eigenvalue weighted by Gasteiger charge is 2.00. The van der Waals surface area contributed by atoms with E-state index < -0.39 is 0 Å². The molecule has 1 N–H and O–H groups in total. The monoisotopic (exact) mass is 338 g/mol. The summed E-state index contributed by atoms with van der Waals surface area (Å²) in [7, 11) is 0. The Hall–Kier alpha value is -1.66. The van der Waals surface area contributed by atoms with E-state index in [1.807, 2.05) is 30.3 Å². The van der Waals surface area contributed by atoms with E-state index in [0.29, 0.717) is 5.75 Å². The lowest BCUT2D eigenvalue weighted by Gasteiger charge is -2.03. The second-order valence-electron chi connectivity index (χ2n) is 3.54. The number of carbonyl (C=O) groups excluding carboxylic acids is 1. The van der Waals surface area contributed by atoms with Gasteiger partial charge in [0.05, 0.1) is 10.0 Å². The summed E-state index contributed by atoms with van der Waals surface area (Å²) in [5, 5.41) is 3.85. The number of benzene rings is 1. The molecule has 1 aromatic heterocycles. The fourth-order valence-electron chi connectivity index (χ4n) is 1.26. The maximum Gasteiger partial charge on any atom is 0.277 e. The van der Waals surface area contributed by atoms with E-state index in [1.165, 1.54) is 11.3 Å². The number of para-hydroxylation sites is 1. The van der Waals surface area contributed by atoms with E-state index in [2.05, 4.69) is 26.5 Å². The zero-order chi connectivity index (χ0) is 13.5. The molecule has 1 heterocycles. The standard InChI is InChI=1S/C13H11BrN2O2S/c14-12-7-6-11(19-12)8-15-16-13(17)9-18-10-4-2-1-3-5-10/h1-8H,9H2,(H,16,17). The van der Waals surface area contributed by atoms with E-state index in [-0.39, 0.29) is 12.5 Å². The van der Waals surface area contributed by atoms with Gasteiger partial charge >= 0.3 is 0 Å². The Morgan fingerprint density at radius 2 is 2.11 bits per heavy atom. The van der Waals surface area contributed by atoms with Gasteiger partial charge in [-0.25, -0.2) is 5.43 Å². The summed E-state index contributed by atoms with van der Waals surface area (Å²) in [6, 6.07) is 13.0. The molecule has 0 aliphatic heterocycles. The molecule has 0 saturated heterocycles. The number of hydrogen-bond acceptors (Lipinski definition) is 4. The molecule has 0 saturated carbocycles. The van der Waals surface area contributed by atoms with Gasteiger partial charge in [-0.1, -0.05) is 18.2 Å². The Balaban J connectivity index is 1.74. The molecule has 0 bridgehead atoms. The number of hydrazone groups is 1. The Morgan fingerprint density at radius 1 is 1.32 bits per heavy atom. The second kappa shape index (κ2) is 7.06. The van der Waals surface area contributed by atoms with E-state index in [1.54, 1.807) is 18.3 Å². The van der Waals surface area contributed by atoms with Crippen LogP contribution in [0.2, 0.25) is 0 Å². The highest BCUT2D eigenvalue weighted by Crippen LogP contribution is 2.20. The summed E-state index contributed by atoms with van der Waals surface area (Å²) in [4.78, 5) is 12.4. The lowest BCUT2D eigenvalue weighted by molar-refractivity contribution is -0.123. The lowest BCUT2D eigenvalue weighted by Crippen LogP contribution is -2.24. The average molecular weight is 339 g/mol. The zero-order valence-electron chi connectivity index (χ0n) is 9.88. The number of thiophene rings is 1. The quantitative estimate of drug-likeness (QED) is 0.672. The van der Waals surface area contributed by atoms with Crippen molar-refractivity contribution in [2.75, 3.05) is 6.61 Å². The number of nitrogens with one attached hydrogen (secondary N) is 1. The smallest absolute Gasteiger partial charge is 0.277 e. The van der Waals surface area contributed by atoms with Crippen molar-refractivity contribution in [3.05, 3.63) is 51.1 Å². The van der Waals surface area contributed by atoms with Crippen molar-refractivity contribution in [2.45, 2.75) is 0 Å². The first-order valence-corrected chi connectivity index (χ1v) is 7.10. The van der Waals surface area contributed by atoms with Gasteiger partial charge in [-0.3, -0.25) is 4.79 Å². The lowest BCUT2D eigenvalue weighted by atomic mass is 10.3. The molecule has 0 radical (unpaired) electrons. The third-order valence-corrected chi connectivity index (χ3v) is 3.65. The van der Waals surface area contributed by atoms with Crippen LogP contribution in [0, 0.1) is 0 Å². The molecule has 2 aromatic rings. The number of amides is 1. The summed E-state index contributed by atoms with van der Waals surface area (Å²) in [6.07, 6.45) is 1.59. The first-order valence-electron chi connectivity index (χ1n) is 5.49. The van der Waals surface area contributed by atoms with Crippen LogP contribution in [0.5, 0.6) is 5.75 Å². The largest absolute Gasteiger partial charge is 0.484 e. The van der Waals surface area contributed by atoms with Crippen molar-refractivity contribution in [1.29, 1.82) is 0 Å². The van der Waals surface area contributed by atoms with E-state index in [0.717, 1.165) is 8.66 Å². The van der Waals surface area contributed by atoms with E-state index in [4.69, 9.17) is 4.74 Å². The molecule has 0 spiro atoms. The maximum absolute atomic E-state index is 11.5. The molecule has 0 unspecified atom stereocenters. The van der Waals surface area contributed by atoms with Crippen LogP contribution in [0.15, 0.2) is 51.4 Å². The number of carbonyl (C=O) groups is 1. The molecule has 0 aliphatic carbocycles. The molecule has 6 heteroatoms. The van der Waals surface area contributed by atoms with Gasteiger partial charge in [-0.2, -0.15) is 5.10 Å². The number of ether oxygens (including phenoxy) is 1. The topological polar surface area (TPSA) is 50.7 Å². The van der Waals surface area contributed by atoms with Gasteiger partial charge in [-0.05, 0) is 40.2 Å². The Bertz CT molecular complexity index is 569. The normalized spacial score (nSPS) is 10.6. The SMILES string of the molecule is O=C(COc1ccccc1)NN=Cc1ccc(Br)s1. The number of halogens is 1. The van der Waals surface area contributed by atoms with Crippen LogP contribution in [0.4, 0.5) is 0 Å². The van der Waals surface area contributed by atoms with Gasteiger partial charge in [0.2, 0.25) is 0 Å². The molecule has 98 valence electrons. The van der Waals surface area contributed by atoms with Gasteiger partial charge in [0.25, 0.3) is 5.91 Å². The minimum atomic E-state index is -0.296. The molecular weight excluding hydrogens is 328 g/mol. The van der Waals surface area contributed by atoms with Gasteiger partial charge in [0.15, 0.2) is 6.61 Å². The molecule has 1 amide bonds. The van der Waals surface area contributed by atoms with Gasteiger partial charge in [-0.15, -0.1) is 11.3 Å². The highest BCUT2D eigenvalue weighted by atomic mass is 79.9. The van der Waals surface area contributed by atoms with Crippen molar-refractivity contribution >= 4 is 39.4 Å². The van der Waals surface area contributed by atoms with Gasteiger partial charge in [0.1, 0.15) is 5.75 Å². The van der Waals surface area contributed by atoms with Crippen LogP contribution >= 0.6 is 27.3 Å². The zero-order valence-corrected chi connectivity index (χ0v) is 12.3. The van der Waals surface area contributed by atoms with Crippen LogP contribution in [0.25, 0.3) is 0 Å². The number of hydrogen-bond donors (Lipinski definition) is 1. The van der Waals surface area contributed by atoms with Gasteiger partial charge < -0.3 is 4.74 Å². The fourth-order valence-corrected chi connectivity index (χ4v) is 2.56. The summed E-state index contributed by atoms with van der Waals surface area (Å²) in [5.41, 5.74) is 2.41. The second-order valence-corrected chi connectivity index (χ2v) is 6.03. The molecule has 0 atom stereocenters. The molecule has 0 aliphatic rings. The van der Waals surface area contributed by atoms with Crippen LogP contribution in [0.1, 0.15) is 4.88 Å². The highest BCUT2D eigenvalue weighted by molar-refractivity contribution is 9.11. The molecule has 2 rings (SSSR count). The summed E-state index contributed by atoms with van der Waals surface area (Å²) < 4.78 is 6.30. The van der Waals surface area contributed by atoms with Crippen molar-refractivity contribution < 1.29 is 9.53 Å². The maximum atomic E-state index is 11.5. The summed E-state index contributed by atoms with van der Waals surface area (Å²) in [6.45, 7) is -0.0600. The molecule has 0 fully saturated rings. The minimum absolute atomic E-state index is 0.0600. The third-order valence-electron chi connectivity index (χ3n) is 2.09. The number of rotatable bonds is 5. The van der Waals surface area contributed by atoms with Crippen molar-refractivity contribution in [2.24, 2.45) is 5.10 Å². The Kier molecular flexibility index (Phi) is 5.11. The summed E-state index contributed by atoms with van der Waals surface area (Å²) >= 11 is 4.89. The van der Waals surface area contributed by atoms with Crippen molar-refractivity contribution in [3.8, 4) is 5.75 Å². The van der Waals surface area contributed by atoms with Crippen molar-refractivity contribution in [1.82, 2.24) is 5.43 Å². The Morgan fingerprint density at radius 3 is 2.79 bits per heavy atom. The molecule has 19 heavy (non-hydrogen) atoms. The fraction of sp³-hybridized carbons (Fsp3) is 0.0769. The Labute approximate surface area is 123 Å². The number of nitrogens with zero attached hydrogens (tertiary/aromatic N) is 1. The van der Waals surface area contributed by atoms with E-state index in [9.17, 15) is 4.79 Å². The first-order chi connectivity index (χ1) is 9.24. The molecule has 1 aromatic carbocycles. The predicted molar refractivity (Wildman–Crippen MR) is 79.7 cm³/mol. The predicted octanol–water partition coefficient (Wildman–Crippen LogP) is 3.04. The summed E-state index contributed by atoms with van der Waals surface area (Å²) in [5.74, 6) is 0.361.